The Kier molecular flexibility index (Phi) is 6.42. The molecule has 0 aliphatic rings. The number of amides is 2. The molecule has 0 aromatic heterocycles. The van der Waals surface area contributed by atoms with Gasteiger partial charge in [-0.05, 0) is 56.7 Å². The first kappa shape index (κ1) is 18.8. The Morgan fingerprint density at radius 3 is 2.56 bits per heavy atom. The van der Waals surface area contributed by atoms with Gasteiger partial charge in [-0.2, -0.15) is 0 Å². The average Bonchev–Trinajstić information content (AvgIpc) is 2.57. The third-order valence-corrected chi connectivity index (χ3v) is 3.95. The minimum absolute atomic E-state index is 0.0656. The summed E-state index contributed by atoms with van der Waals surface area (Å²) in [7, 11) is 0. The van der Waals surface area contributed by atoms with Crippen molar-refractivity contribution < 1.29 is 9.59 Å². The van der Waals surface area contributed by atoms with Gasteiger partial charge in [0.1, 0.15) is 0 Å². The molecule has 2 rings (SSSR count). The van der Waals surface area contributed by atoms with Gasteiger partial charge in [0.2, 0.25) is 5.91 Å². The van der Waals surface area contributed by atoms with Crippen molar-refractivity contribution in [3.63, 3.8) is 0 Å². The zero-order valence-corrected chi connectivity index (χ0v) is 15.3. The van der Waals surface area contributed by atoms with Gasteiger partial charge in [0.15, 0.2) is 0 Å². The Bertz CT molecular complexity index is 775. The van der Waals surface area contributed by atoms with Crippen molar-refractivity contribution in [1.82, 2.24) is 5.32 Å². The number of anilines is 2. The van der Waals surface area contributed by atoms with Crippen molar-refractivity contribution in [3.05, 3.63) is 58.6 Å². The molecular formula is C19H22ClN3O2. The maximum absolute atomic E-state index is 12.1. The van der Waals surface area contributed by atoms with Gasteiger partial charge in [0.25, 0.3) is 5.91 Å². The summed E-state index contributed by atoms with van der Waals surface area (Å²) < 4.78 is 0. The summed E-state index contributed by atoms with van der Waals surface area (Å²) in [6.45, 7) is 5.74. The number of carbonyl (C=O) groups excluding carboxylic acids is 2. The maximum atomic E-state index is 12.1. The highest BCUT2D eigenvalue weighted by molar-refractivity contribution is 6.31. The molecule has 0 radical (unpaired) electrons. The number of rotatable bonds is 6. The third kappa shape index (κ3) is 5.50. The van der Waals surface area contributed by atoms with Crippen LogP contribution in [-0.4, -0.2) is 24.4 Å². The molecule has 0 spiro atoms. The van der Waals surface area contributed by atoms with Crippen molar-refractivity contribution in [2.24, 2.45) is 0 Å². The van der Waals surface area contributed by atoms with Crippen LogP contribution >= 0.6 is 11.6 Å². The van der Waals surface area contributed by atoms with Crippen LogP contribution in [0.2, 0.25) is 5.02 Å². The van der Waals surface area contributed by atoms with Gasteiger partial charge in [-0.1, -0.05) is 23.7 Å². The van der Waals surface area contributed by atoms with E-state index >= 15 is 0 Å². The highest BCUT2D eigenvalue weighted by Gasteiger charge is 2.09. The van der Waals surface area contributed by atoms with E-state index in [2.05, 4.69) is 16.0 Å². The second kappa shape index (κ2) is 8.53. The van der Waals surface area contributed by atoms with Gasteiger partial charge in [0.05, 0.1) is 6.54 Å². The number of carbonyl (C=O) groups is 2. The van der Waals surface area contributed by atoms with Crippen LogP contribution < -0.4 is 16.0 Å². The van der Waals surface area contributed by atoms with E-state index in [4.69, 9.17) is 11.6 Å². The van der Waals surface area contributed by atoms with E-state index in [1.807, 2.05) is 26.8 Å². The molecule has 0 aliphatic heterocycles. The minimum atomic E-state index is -0.192. The zero-order chi connectivity index (χ0) is 18.4. The second-order valence-electron chi connectivity index (χ2n) is 6.02. The Morgan fingerprint density at radius 1 is 1.12 bits per heavy atom. The molecule has 2 aromatic carbocycles. The molecule has 0 saturated carbocycles. The number of nitrogens with one attached hydrogen (secondary N) is 3. The molecule has 0 bridgehead atoms. The molecule has 132 valence electrons. The van der Waals surface area contributed by atoms with Crippen LogP contribution in [0.3, 0.4) is 0 Å². The summed E-state index contributed by atoms with van der Waals surface area (Å²) in [4.78, 5) is 24.1. The Labute approximate surface area is 152 Å². The largest absolute Gasteiger partial charge is 0.376 e. The SMILES string of the molecule is Cc1c(Cl)cccc1NC(=O)CNc1cccc(C(=O)NC(C)C)c1. The highest BCUT2D eigenvalue weighted by atomic mass is 35.5. The van der Waals surface area contributed by atoms with E-state index in [9.17, 15) is 9.59 Å². The first-order chi connectivity index (χ1) is 11.9. The molecule has 6 heteroatoms. The first-order valence-corrected chi connectivity index (χ1v) is 8.44. The molecule has 0 saturated heterocycles. The first-order valence-electron chi connectivity index (χ1n) is 8.06. The molecule has 0 heterocycles. The highest BCUT2D eigenvalue weighted by Crippen LogP contribution is 2.22. The standard InChI is InChI=1S/C19H22ClN3O2/c1-12(2)22-19(25)14-6-4-7-15(10-14)21-11-18(24)23-17-9-5-8-16(20)13(17)3/h4-10,12,21H,11H2,1-3H3,(H,22,25)(H,23,24). The summed E-state index contributed by atoms with van der Waals surface area (Å²) in [5.74, 6) is -0.333. The van der Waals surface area contributed by atoms with Crippen molar-refractivity contribution in [3.8, 4) is 0 Å². The lowest BCUT2D eigenvalue weighted by Crippen LogP contribution is -2.30. The summed E-state index contributed by atoms with van der Waals surface area (Å²) in [5.41, 5.74) is 2.76. The van der Waals surface area contributed by atoms with Gasteiger partial charge < -0.3 is 16.0 Å². The second-order valence-corrected chi connectivity index (χ2v) is 6.43. The molecule has 0 aliphatic carbocycles. The summed E-state index contributed by atoms with van der Waals surface area (Å²) in [6.07, 6.45) is 0. The zero-order valence-electron chi connectivity index (χ0n) is 14.5. The number of hydrogen-bond acceptors (Lipinski definition) is 3. The predicted molar refractivity (Wildman–Crippen MR) is 102 cm³/mol. The normalized spacial score (nSPS) is 10.4. The van der Waals surface area contributed by atoms with Crippen LogP contribution in [0.15, 0.2) is 42.5 Å². The van der Waals surface area contributed by atoms with E-state index in [1.165, 1.54) is 0 Å². The maximum Gasteiger partial charge on any atom is 0.251 e. The molecule has 0 atom stereocenters. The van der Waals surface area contributed by atoms with E-state index in [0.29, 0.717) is 22.0 Å². The van der Waals surface area contributed by atoms with Crippen LogP contribution in [0.5, 0.6) is 0 Å². The topological polar surface area (TPSA) is 70.2 Å². The van der Waals surface area contributed by atoms with Gasteiger partial charge in [-0.3, -0.25) is 9.59 Å². The van der Waals surface area contributed by atoms with Gasteiger partial charge in [-0.15, -0.1) is 0 Å². The van der Waals surface area contributed by atoms with Crippen LogP contribution in [0.1, 0.15) is 29.8 Å². The quantitative estimate of drug-likeness (QED) is 0.734. The van der Waals surface area contributed by atoms with Crippen LogP contribution in [-0.2, 0) is 4.79 Å². The van der Waals surface area contributed by atoms with Crippen LogP contribution in [0.25, 0.3) is 0 Å². The Balaban J connectivity index is 1.95. The molecule has 0 unspecified atom stereocenters. The Morgan fingerprint density at radius 2 is 1.84 bits per heavy atom. The molecule has 3 N–H and O–H groups in total. The summed E-state index contributed by atoms with van der Waals surface area (Å²) in [5, 5.41) is 9.28. The fourth-order valence-electron chi connectivity index (χ4n) is 2.24. The van der Waals surface area contributed by atoms with Crippen LogP contribution in [0.4, 0.5) is 11.4 Å². The average molecular weight is 360 g/mol. The van der Waals surface area contributed by atoms with Crippen molar-refractivity contribution in [2.45, 2.75) is 26.8 Å². The van der Waals surface area contributed by atoms with Gasteiger partial charge >= 0.3 is 0 Å². The van der Waals surface area contributed by atoms with Crippen molar-refractivity contribution in [2.75, 3.05) is 17.2 Å². The lowest BCUT2D eigenvalue weighted by atomic mass is 10.1. The number of halogens is 1. The van der Waals surface area contributed by atoms with Crippen LogP contribution in [0, 0.1) is 6.92 Å². The molecule has 0 fully saturated rings. The van der Waals surface area contributed by atoms with E-state index in [1.54, 1.807) is 36.4 Å². The molecule has 2 amide bonds. The molecule has 5 nitrogen and oxygen atoms in total. The van der Waals surface area contributed by atoms with E-state index in [-0.39, 0.29) is 24.4 Å². The van der Waals surface area contributed by atoms with E-state index in [0.717, 1.165) is 5.56 Å². The smallest absolute Gasteiger partial charge is 0.251 e. The van der Waals surface area contributed by atoms with E-state index < -0.39 is 0 Å². The lowest BCUT2D eigenvalue weighted by molar-refractivity contribution is -0.114. The Hall–Kier alpha value is -2.53. The fraction of sp³-hybridized carbons (Fsp3) is 0.263. The molecule has 2 aromatic rings. The summed E-state index contributed by atoms with van der Waals surface area (Å²) in [6, 6.07) is 12.5. The molecular weight excluding hydrogens is 338 g/mol. The number of hydrogen-bond donors (Lipinski definition) is 3. The van der Waals surface area contributed by atoms with Crippen molar-refractivity contribution >= 4 is 34.8 Å². The monoisotopic (exact) mass is 359 g/mol. The summed E-state index contributed by atoms with van der Waals surface area (Å²) >= 11 is 6.05. The lowest BCUT2D eigenvalue weighted by Gasteiger charge is -2.12. The number of benzene rings is 2. The van der Waals surface area contributed by atoms with Crippen molar-refractivity contribution in [1.29, 1.82) is 0 Å². The third-order valence-electron chi connectivity index (χ3n) is 3.54. The predicted octanol–water partition coefficient (Wildman–Crippen LogP) is 3.84. The van der Waals surface area contributed by atoms with Gasteiger partial charge in [0, 0.05) is 28.0 Å². The minimum Gasteiger partial charge on any atom is -0.376 e. The molecule has 25 heavy (non-hydrogen) atoms. The van der Waals surface area contributed by atoms with Gasteiger partial charge in [-0.25, -0.2) is 0 Å². The fourth-order valence-corrected chi connectivity index (χ4v) is 2.41.